The summed E-state index contributed by atoms with van der Waals surface area (Å²) in [4.78, 5) is -0.460. The molecule has 0 N–H and O–H groups in total. The molecule has 0 aliphatic rings. The molecule has 0 radical (unpaired) electrons. The van der Waals surface area contributed by atoms with Crippen LogP contribution in [0.1, 0.15) is 0 Å². The molecule has 0 spiro atoms. The van der Waals surface area contributed by atoms with Crippen molar-refractivity contribution in [2.75, 3.05) is 0 Å². The summed E-state index contributed by atoms with van der Waals surface area (Å²) in [5.74, 6) is 0.162. The summed E-state index contributed by atoms with van der Waals surface area (Å²) >= 11 is 0. The van der Waals surface area contributed by atoms with Gasteiger partial charge in [-0.05, 0) is 24.3 Å². The number of nitriles is 1. The molecule has 0 fully saturated rings. The Balaban J connectivity index is 3.03. The van der Waals surface area contributed by atoms with Crippen LogP contribution in [-0.4, -0.2) is 8.42 Å². The largest absolute Gasteiger partial charge is 0.388 e. The van der Waals surface area contributed by atoms with E-state index in [1.165, 1.54) is 18.4 Å². The summed E-state index contributed by atoms with van der Waals surface area (Å²) in [5.41, 5.74) is 0. The van der Waals surface area contributed by atoms with E-state index in [1.807, 2.05) is 0 Å². The van der Waals surface area contributed by atoms with E-state index in [2.05, 4.69) is 4.74 Å². The van der Waals surface area contributed by atoms with E-state index >= 15 is 0 Å². The molecule has 0 saturated heterocycles. The van der Waals surface area contributed by atoms with Crippen molar-refractivity contribution in [1.82, 2.24) is 0 Å². The van der Waals surface area contributed by atoms with Crippen LogP contribution in [0.25, 0.3) is 0 Å². The SMILES string of the molecule is N#COc1ccc(S(=O)(=O)F)cc1. The molecule has 0 unspecified atom stereocenters. The van der Waals surface area contributed by atoms with Gasteiger partial charge in [0.05, 0.1) is 4.90 Å². The van der Waals surface area contributed by atoms with Gasteiger partial charge in [0.25, 0.3) is 6.26 Å². The Bertz CT molecular complexity index is 432. The van der Waals surface area contributed by atoms with Crippen molar-refractivity contribution in [3.8, 4) is 12.0 Å². The number of halogens is 1. The third kappa shape index (κ3) is 2.42. The minimum atomic E-state index is -4.67. The zero-order chi connectivity index (χ0) is 9.90. The number of hydrogen-bond donors (Lipinski definition) is 0. The topological polar surface area (TPSA) is 67.2 Å². The van der Waals surface area contributed by atoms with Gasteiger partial charge in [-0.15, -0.1) is 9.15 Å². The quantitative estimate of drug-likeness (QED) is 0.532. The third-order valence-corrected chi connectivity index (χ3v) is 2.10. The summed E-state index contributed by atoms with van der Waals surface area (Å²) in [6, 6.07) is 4.41. The lowest BCUT2D eigenvalue weighted by Gasteiger charge is -1.96. The van der Waals surface area contributed by atoms with Gasteiger partial charge < -0.3 is 4.74 Å². The van der Waals surface area contributed by atoms with Crippen molar-refractivity contribution in [3.63, 3.8) is 0 Å². The lowest BCUT2D eigenvalue weighted by Crippen LogP contribution is -1.91. The first kappa shape index (κ1) is 9.48. The maximum Gasteiger partial charge on any atom is 0.332 e. The Morgan fingerprint density at radius 2 is 1.85 bits per heavy atom. The highest BCUT2D eigenvalue weighted by atomic mass is 32.3. The maximum atomic E-state index is 12.3. The average Bonchev–Trinajstić information content (AvgIpc) is 2.04. The number of hydrogen-bond acceptors (Lipinski definition) is 4. The fourth-order valence-electron chi connectivity index (χ4n) is 0.723. The molecule has 0 aromatic heterocycles. The van der Waals surface area contributed by atoms with Crippen molar-refractivity contribution in [2.45, 2.75) is 4.90 Å². The number of ether oxygens (including phenoxy) is 1. The van der Waals surface area contributed by atoms with Gasteiger partial charge in [0.1, 0.15) is 5.75 Å². The second kappa shape index (κ2) is 3.41. The van der Waals surface area contributed by atoms with Gasteiger partial charge in [-0.1, -0.05) is 0 Å². The summed E-state index contributed by atoms with van der Waals surface area (Å²) < 4.78 is 37.3. The van der Waals surface area contributed by atoms with E-state index in [0.29, 0.717) is 0 Å². The molecule has 0 heterocycles. The molecule has 0 bridgehead atoms. The third-order valence-electron chi connectivity index (χ3n) is 1.27. The van der Waals surface area contributed by atoms with Crippen LogP contribution in [0.2, 0.25) is 0 Å². The molecule has 1 aromatic carbocycles. The Morgan fingerprint density at radius 1 is 1.31 bits per heavy atom. The van der Waals surface area contributed by atoms with Crippen LogP contribution < -0.4 is 4.74 Å². The molecule has 4 nitrogen and oxygen atoms in total. The van der Waals surface area contributed by atoms with Crippen LogP contribution in [-0.2, 0) is 10.2 Å². The fraction of sp³-hybridized carbons (Fsp3) is 0. The standard InChI is InChI=1S/C7H4FNO3S/c8-13(10,11)7-3-1-6(2-4-7)12-5-9/h1-4H. The summed E-state index contributed by atoms with van der Waals surface area (Å²) in [7, 11) is -4.67. The van der Waals surface area contributed by atoms with Crippen molar-refractivity contribution in [3.05, 3.63) is 24.3 Å². The normalized spacial score (nSPS) is 10.5. The Hall–Kier alpha value is -1.61. The van der Waals surface area contributed by atoms with Crippen LogP contribution in [0.15, 0.2) is 29.2 Å². The van der Waals surface area contributed by atoms with Crippen LogP contribution in [0.5, 0.6) is 5.75 Å². The molecule has 68 valence electrons. The highest BCUT2D eigenvalue weighted by Gasteiger charge is 2.10. The van der Waals surface area contributed by atoms with Crippen LogP contribution in [0, 0.1) is 11.5 Å². The van der Waals surface area contributed by atoms with Crippen molar-refractivity contribution < 1.29 is 17.0 Å². The maximum absolute atomic E-state index is 12.3. The van der Waals surface area contributed by atoms with Crippen LogP contribution in [0.4, 0.5) is 3.89 Å². The van der Waals surface area contributed by atoms with Gasteiger partial charge in [-0.2, -0.15) is 8.42 Å². The van der Waals surface area contributed by atoms with Gasteiger partial charge >= 0.3 is 10.2 Å². The molecular formula is C7H4FNO3S. The van der Waals surface area contributed by atoms with Crippen LogP contribution >= 0.6 is 0 Å². The first-order valence-corrected chi connectivity index (χ1v) is 4.53. The van der Waals surface area contributed by atoms with Crippen molar-refractivity contribution in [1.29, 1.82) is 5.26 Å². The predicted octanol–water partition coefficient (Wildman–Crippen LogP) is 1.20. The molecule has 0 aliphatic heterocycles. The second-order valence-corrected chi connectivity index (χ2v) is 3.45. The number of nitrogens with zero attached hydrogens (tertiary/aromatic N) is 1. The smallest absolute Gasteiger partial charge is 0.332 e. The summed E-state index contributed by atoms with van der Waals surface area (Å²) in [6.45, 7) is 0. The highest BCUT2D eigenvalue weighted by molar-refractivity contribution is 7.86. The Labute approximate surface area is 74.4 Å². The highest BCUT2D eigenvalue weighted by Crippen LogP contribution is 2.16. The average molecular weight is 201 g/mol. The van der Waals surface area contributed by atoms with E-state index in [4.69, 9.17) is 5.26 Å². The Kier molecular flexibility index (Phi) is 2.49. The van der Waals surface area contributed by atoms with Gasteiger partial charge in [-0.25, -0.2) is 0 Å². The lowest BCUT2D eigenvalue weighted by atomic mass is 10.3. The van der Waals surface area contributed by atoms with Crippen molar-refractivity contribution in [2.24, 2.45) is 0 Å². The van der Waals surface area contributed by atoms with Crippen LogP contribution in [0.3, 0.4) is 0 Å². The van der Waals surface area contributed by atoms with Gasteiger partial charge in [0, 0.05) is 0 Å². The van der Waals surface area contributed by atoms with Gasteiger partial charge in [-0.3, -0.25) is 0 Å². The van der Waals surface area contributed by atoms with E-state index in [1.54, 1.807) is 0 Å². The minimum absolute atomic E-state index is 0.162. The molecule has 6 heteroatoms. The lowest BCUT2D eigenvalue weighted by molar-refractivity contribution is 0.506. The summed E-state index contributed by atoms with van der Waals surface area (Å²) in [5, 5.41) is 8.08. The Morgan fingerprint density at radius 3 is 2.23 bits per heavy atom. The minimum Gasteiger partial charge on any atom is -0.388 e. The number of rotatable bonds is 2. The van der Waals surface area contributed by atoms with Gasteiger partial charge in [0.15, 0.2) is 0 Å². The van der Waals surface area contributed by atoms with E-state index in [9.17, 15) is 12.3 Å². The van der Waals surface area contributed by atoms with E-state index < -0.39 is 15.1 Å². The van der Waals surface area contributed by atoms with Gasteiger partial charge in [0.2, 0.25) is 0 Å². The second-order valence-electron chi connectivity index (χ2n) is 2.10. The predicted molar refractivity (Wildman–Crippen MR) is 41.0 cm³/mol. The van der Waals surface area contributed by atoms with E-state index in [0.717, 1.165) is 12.1 Å². The molecule has 0 atom stereocenters. The molecule has 1 rings (SSSR count). The molecular weight excluding hydrogens is 197 g/mol. The monoisotopic (exact) mass is 201 g/mol. The number of benzene rings is 1. The zero-order valence-corrected chi connectivity index (χ0v) is 7.08. The fourth-order valence-corrected chi connectivity index (χ4v) is 1.18. The molecule has 0 saturated carbocycles. The van der Waals surface area contributed by atoms with Crippen molar-refractivity contribution >= 4 is 10.2 Å². The molecule has 0 aliphatic carbocycles. The van der Waals surface area contributed by atoms with E-state index in [-0.39, 0.29) is 5.75 Å². The summed E-state index contributed by atoms with van der Waals surface area (Å²) in [6.07, 6.45) is 1.40. The first-order chi connectivity index (χ1) is 6.04. The molecule has 1 aromatic rings. The first-order valence-electron chi connectivity index (χ1n) is 3.14. The zero-order valence-electron chi connectivity index (χ0n) is 6.27. The molecule has 0 amide bonds. The molecule has 13 heavy (non-hydrogen) atoms.